The largest absolute Gasteiger partial charge is 0.497 e. The first-order valence-corrected chi connectivity index (χ1v) is 11.3. The molecule has 0 atom stereocenters. The minimum Gasteiger partial charge on any atom is -0.497 e. The van der Waals surface area contributed by atoms with Crippen LogP contribution in [-0.2, 0) is 4.79 Å². The number of carbonyl (C=O) groups is 1. The van der Waals surface area contributed by atoms with E-state index in [1.165, 1.54) is 30.5 Å². The number of hydrogen-bond donors (Lipinski definition) is 0. The average molecular weight is 478 g/mol. The van der Waals surface area contributed by atoms with Gasteiger partial charge in [-0.3, -0.25) is 9.69 Å². The third-order valence-electron chi connectivity index (χ3n) is 6.21. The molecule has 0 aliphatic carbocycles. The fourth-order valence-corrected chi connectivity index (χ4v) is 4.39. The third-order valence-corrected chi connectivity index (χ3v) is 6.21. The van der Waals surface area contributed by atoms with Crippen molar-refractivity contribution in [1.82, 2.24) is 9.80 Å². The van der Waals surface area contributed by atoms with Crippen LogP contribution >= 0.6 is 0 Å². The fourth-order valence-electron chi connectivity index (χ4n) is 4.39. The lowest BCUT2D eigenvalue weighted by Gasteiger charge is -2.40. The Morgan fingerprint density at radius 3 is 2.03 bits per heavy atom. The highest BCUT2D eigenvalue weighted by atomic mass is 19.1. The second-order valence-electron chi connectivity index (χ2n) is 8.35. The van der Waals surface area contributed by atoms with E-state index in [0.717, 1.165) is 11.1 Å². The SMILES string of the molecule is COc1ccc2c(c1)OC=C(C(=O)N1CCN(C(c3ccc(F)cc3)c3ccc(F)cc3)CC1)O2. The summed E-state index contributed by atoms with van der Waals surface area (Å²) in [5, 5.41) is 0. The summed E-state index contributed by atoms with van der Waals surface area (Å²) in [7, 11) is 1.56. The topological polar surface area (TPSA) is 51.2 Å². The fraction of sp³-hybridized carbons (Fsp3) is 0.222. The minimum atomic E-state index is -0.315. The van der Waals surface area contributed by atoms with E-state index >= 15 is 0 Å². The standard InChI is InChI=1S/C27H24F2N2O4/c1-33-22-10-11-23-24(16-22)34-17-25(35-23)27(32)31-14-12-30(13-15-31)26(18-2-6-20(28)7-3-18)19-4-8-21(29)9-5-19/h2-11,16-17,26H,12-15H2,1H3. The van der Waals surface area contributed by atoms with Crippen molar-refractivity contribution in [2.24, 2.45) is 0 Å². The number of ether oxygens (including phenoxy) is 3. The zero-order valence-corrected chi connectivity index (χ0v) is 19.1. The molecule has 0 saturated carbocycles. The maximum absolute atomic E-state index is 13.6. The lowest BCUT2D eigenvalue weighted by molar-refractivity contribution is -0.131. The molecule has 0 aromatic heterocycles. The van der Waals surface area contributed by atoms with Crippen LogP contribution in [0.5, 0.6) is 17.2 Å². The van der Waals surface area contributed by atoms with Gasteiger partial charge in [0, 0.05) is 32.2 Å². The smallest absolute Gasteiger partial charge is 0.292 e. The second-order valence-corrected chi connectivity index (χ2v) is 8.35. The van der Waals surface area contributed by atoms with Crippen LogP contribution in [-0.4, -0.2) is 49.0 Å². The lowest BCUT2D eigenvalue weighted by atomic mass is 9.96. The van der Waals surface area contributed by atoms with E-state index in [4.69, 9.17) is 14.2 Å². The van der Waals surface area contributed by atoms with Gasteiger partial charge in [0.1, 0.15) is 23.6 Å². The maximum Gasteiger partial charge on any atom is 0.292 e. The molecule has 0 radical (unpaired) electrons. The monoisotopic (exact) mass is 478 g/mol. The van der Waals surface area contributed by atoms with Crippen LogP contribution in [0.4, 0.5) is 8.78 Å². The van der Waals surface area contributed by atoms with Gasteiger partial charge in [-0.2, -0.15) is 0 Å². The molecule has 1 amide bonds. The Hall–Kier alpha value is -3.91. The number of amides is 1. The average Bonchev–Trinajstić information content (AvgIpc) is 2.90. The van der Waals surface area contributed by atoms with Crippen molar-refractivity contribution < 1.29 is 27.8 Å². The first kappa shape index (κ1) is 22.9. The molecule has 3 aromatic carbocycles. The van der Waals surface area contributed by atoms with E-state index in [2.05, 4.69) is 4.90 Å². The summed E-state index contributed by atoms with van der Waals surface area (Å²) in [6.07, 6.45) is 1.32. The van der Waals surface area contributed by atoms with Crippen molar-refractivity contribution >= 4 is 5.91 Å². The van der Waals surface area contributed by atoms with Crippen LogP contribution in [0.2, 0.25) is 0 Å². The predicted octanol–water partition coefficient (Wildman–Crippen LogP) is 4.52. The molecule has 1 saturated heterocycles. The van der Waals surface area contributed by atoms with Crippen LogP contribution in [0.15, 0.2) is 78.8 Å². The highest BCUT2D eigenvalue weighted by Gasteiger charge is 2.31. The molecule has 180 valence electrons. The molecule has 2 aliphatic heterocycles. The number of halogens is 2. The molecule has 2 heterocycles. The van der Waals surface area contributed by atoms with Crippen molar-refractivity contribution in [3.8, 4) is 17.2 Å². The van der Waals surface area contributed by atoms with Gasteiger partial charge >= 0.3 is 0 Å². The van der Waals surface area contributed by atoms with Crippen molar-refractivity contribution in [1.29, 1.82) is 0 Å². The van der Waals surface area contributed by atoms with Gasteiger partial charge in [-0.25, -0.2) is 8.78 Å². The molecule has 0 bridgehead atoms. The molecule has 3 aromatic rings. The number of hydrogen-bond acceptors (Lipinski definition) is 5. The van der Waals surface area contributed by atoms with Gasteiger partial charge in [0.15, 0.2) is 11.5 Å². The summed E-state index contributed by atoms with van der Waals surface area (Å²) in [5.41, 5.74) is 1.80. The number of carbonyl (C=O) groups excluding carboxylic acids is 1. The Morgan fingerprint density at radius 2 is 1.46 bits per heavy atom. The molecule has 6 nitrogen and oxygen atoms in total. The highest BCUT2D eigenvalue weighted by Crippen LogP contribution is 2.36. The summed E-state index contributed by atoms with van der Waals surface area (Å²) in [4.78, 5) is 17.0. The Balaban J connectivity index is 1.29. The first-order valence-electron chi connectivity index (χ1n) is 11.3. The summed E-state index contributed by atoms with van der Waals surface area (Å²) in [5.74, 6) is 0.782. The van der Waals surface area contributed by atoms with Crippen molar-refractivity contribution in [3.05, 3.63) is 102 Å². The van der Waals surface area contributed by atoms with Crippen molar-refractivity contribution in [2.75, 3.05) is 33.3 Å². The predicted molar refractivity (Wildman–Crippen MR) is 125 cm³/mol. The van der Waals surface area contributed by atoms with E-state index in [1.54, 1.807) is 54.5 Å². The van der Waals surface area contributed by atoms with Gasteiger partial charge in [0.05, 0.1) is 13.2 Å². The molecule has 2 aliphatic rings. The molecule has 0 spiro atoms. The van der Waals surface area contributed by atoms with Gasteiger partial charge in [-0.1, -0.05) is 24.3 Å². The zero-order valence-electron chi connectivity index (χ0n) is 19.1. The van der Waals surface area contributed by atoms with Gasteiger partial charge in [-0.15, -0.1) is 0 Å². The van der Waals surface area contributed by atoms with E-state index < -0.39 is 0 Å². The Kier molecular flexibility index (Phi) is 6.37. The van der Waals surface area contributed by atoms with Crippen LogP contribution in [0, 0.1) is 11.6 Å². The summed E-state index contributed by atoms with van der Waals surface area (Å²) >= 11 is 0. The molecule has 8 heteroatoms. The van der Waals surface area contributed by atoms with Gasteiger partial charge in [0.2, 0.25) is 5.76 Å². The number of methoxy groups -OCH3 is 1. The molecule has 1 fully saturated rings. The zero-order chi connectivity index (χ0) is 24.4. The summed E-state index contributed by atoms with van der Waals surface area (Å²) in [6.45, 7) is 2.09. The number of rotatable bonds is 5. The van der Waals surface area contributed by atoms with Gasteiger partial charge < -0.3 is 19.1 Å². The van der Waals surface area contributed by atoms with Crippen molar-refractivity contribution in [2.45, 2.75) is 6.04 Å². The second kappa shape index (κ2) is 9.76. The third kappa shape index (κ3) is 4.83. The Morgan fingerprint density at radius 1 is 0.857 bits per heavy atom. The number of piperazine rings is 1. The Bertz CT molecular complexity index is 1190. The number of fused-ring (bicyclic) bond motifs is 1. The van der Waals surface area contributed by atoms with Crippen LogP contribution in [0.25, 0.3) is 0 Å². The molecule has 0 unspecified atom stereocenters. The normalized spacial score (nSPS) is 15.7. The highest BCUT2D eigenvalue weighted by molar-refractivity contribution is 5.92. The van der Waals surface area contributed by atoms with Crippen LogP contribution in [0.3, 0.4) is 0 Å². The lowest BCUT2D eigenvalue weighted by Crippen LogP contribution is -2.50. The number of nitrogens with zero attached hydrogens (tertiary/aromatic N) is 2. The molecular weight excluding hydrogens is 454 g/mol. The molecular formula is C27H24F2N2O4. The maximum atomic E-state index is 13.6. The molecule has 0 N–H and O–H groups in total. The Labute approximate surface area is 201 Å². The number of benzene rings is 3. The van der Waals surface area contributed by atoms with Gasteiger partial charge in [0.25, 0.3) is 5.91 Å². The van der Waals surface area contributed by atoms with E-state index in [1.807, 2.05) is 0 Å². The molecule has 5 rings (SSSR count). The van der Waals surface area contributed by atoms with E-state index in [9.17, 15) is 13.6 Å². The van der Waals surface area contributed by atoms with Gasteiger partial charge in [-0.05, 0) is 47.5 Å². The van der Waals surface area contributed by atoms with Crippen molar-refractivity contribution in [3.63, 3.8) is 0 Å². The molecule has 35 heavy (non-hydrogen) atoms. The summed E-state index contributed by atoms with van der Waals surface area (Å²) < 4.78 is 43.7. The first-order chi connectivity index (χ1) is 17.0. The van der Waals surface area contributed by atoms with Crippen LogP contribution in [0.1, 0.15) is 17.2 Å². The van der Waals surface area contributed by atoms with E-state index in [0.29, 0.717) is 43.4 Å². The summed E-state index contributed by atoms with van der Waals surface area (Å²) in [6, 6.07) is 17.6. The minimum absolute atomic E-state index is 0.115. The quantitative estimate of drug-likeness (QED) is 0.540. The van der Waals surface area contributed by atoms with Crippen LogP contribution < -0.4 is 14.2 Å². The van der Waals surface area contributed by atoms with E-state index in [-0.39, 0.29) is 29.3 Å².